The Bertz CT molecular complexity index is 704. The topological polar surface area (TPSA) is 63.6 Å². The number of benzene rings is 1. The summed E-state index contributed by atoms with van der Waals surface area (Å²) in [6, 6.07) is 11.8. The van der Waals surface area contributed by atoms with Crippen molar-refractivity contribution in [3.63, 3.8) is 0 Å². The summed E-state index contributed by atoms with van der Waals surface area (Å²) in [4.78, 5) is 21.3. The number of oxime groups is 1. The van der Waals surface area contributed by atoms with Crippen molar-refractivity contribution < 1.29 is 14.0 Å². The summed E-state index contributed by atoms with van der Waals surface area (Å²) in [5, 5.41) is 6.56. The molecule has 0 saturated heterocycles. The van der Waals surface area contributed by atoms with Crippen LogP contribution in [0.25, 0.3) is 0 Å². The third kappa shape index (κ3) is 3.11. The number of carbonyl (C=O) groups is 1. The van der Waals surface area contributed by atoms with Crippen molar-refractivity contribution in [3.8, 4) is 0 Å². The van der Waals surface area contributed by atoms with Crippen LogP contribution in [0.1, 0.15) is 17.7 Å². The summed E-state index contributed by atoms with van der Waals surface area (Å²) in [5.74, 6) is -0.667. The van der Waals surface area contributed by atoms with Gasteiger partial charge in [-0.1, -0.05) is 29.4 Å². The lowest BCUT2D eigenvalue weighted by Gasteiger charge is -2.09. The molecular formula is C16H14FN3O2. The molecule has 1 N–H and O–H groups in total. The molecule has 1 aliphatic heterocycles. The zero-order valence-corrected chi connectivity index (χ0v) is 11.7. The van der Waals surface area contributed by atoms with Crippen molar-refractivity contribution in [1.29, 1.82) is 0 Å². The van der Waals surface area contributed by atoms with Crippen LogP contribution < -0.4 is 5.32 Å². The number of nitrogens with one attached hydrogen (secondary N) is 1. The number of amides is 1. The van der Waals surface area contributed by atoms with Gasteiger partial charge in [-0.2, -0.15) is 0 Å². The number of rotatable bonds is 4. The molecule has 112 valence electrons. The number of hydrogen-bond donors (Lipinski definition) is 1. The molecule has 0 saturated carbocycles. The van der Waals surface area contributed by atoms with Gasteiger partial charge in [0.25, 0.3) is 5.91 Å². The standard InChI is InChI=1S/C16H14FN3O2/c17-13-7-2-1-6-12(13)14-9-15(22-20-14)16(21)19-10-11-5-3-4-8-18-11/h1-8,15H,9-10H2,(H,19,21)/t15-/m0/s1. The lowest BCUT2D eigenvalue weighted by molar-refractivity contribution is -0.131. The van der Waals surface area contributed by atoms with Gasteiger partial charge in [-0.15, -0.1) is 0 Å². The normalized spacial score (nSPS) is 16.8. The van der Waals surface area contributed by atoms with Crippen LogP contribution in [-0.4, -0.2) is 22.7 Å². The second-order valence-corrected chi connectivity index (χ2v) is 4.85. The van der Waals surface area contributed by atoms with Crippen molar-refractivity contribution in [2.75, 3.05) is 0 Å². The number of carbonyl (C=O) groups excluding carboxylic acids is 1. The highest BCUT2D eigenvalue weighted by molar-refractivity contribution is 6.04. The fraction of sp³-hybridized carbons (Fsp3) is 0.188. The Morgan fingerprint density at radius 3 is 2.86 bits per heavy atom. The van der Waals surface area contributed by atoms with E-state index in [1.807, 2.05) is 12.1 Å². The van der Waals surface area contributed by atoms with E-state index >= 15 is 0 Å². The molecule has 0 bridgehead atoms. The largest absolute Gasteiger partial charge is 0.382 e. The average Bonchev–Trinajstić information content (AvgIpc) is 3.04. The molecule has 0 unspecified atom stereocenters. The molecule has 0 fully saturated rings. The first-order chi connectivity index (χ1) is 10.7. The van der Waals surface area contributed by atoms with E-state index in [2.05, 4.69) is 15.5 Å². The van der Waals surface area contributed by atoms with Crippen LogP contribution in [0.2, 0.25) is 0 Å². The van der Waals surface area contributed by atoms with E-state index in [0.29, 0.717) is 17.8 Å². The highest BCUT2D eigenvalue weighted by Crippen LogP contribution is 2.19. The lowest BCUT2D eigenvalue weighted by Crippen LogP contribution is -2.34. The van der Waals surface area contributed by atoms with Crippen LogP contribution in [0.3, 0.4) is 0 Å². The molecular weight excluding hydrogens is 285 g/mol. The summed E-state index contributed by atoms with van der Waals surface area (Å²) in [5.41, 5.74) is 1.56. The molecule has 22 heavy (non-hydrogen) atoms. The van der Waals surface area contributed by atoms with E-state index in [1.165, 1.54) is 6.07 Å². The summed E-state index contributed by atoms with van der Waals surface area (Å²) < 4.78 is 13.7. The van der Waals surface area contributed by atoms with Gasteiger partial charge in [-0.25, -0.2) is 4.39 Å². The fourth-order valence-electron chi connectivity index (χ4n) is 2.17. The number of hydrogen-bond acceptors (Lipinski definition) is 4. The van der Waals surface area contributed by atoms with Gasteiger partial charge in [0.05, 0.1) is 18.0 Å². The van der Waals surface area contributed by atoms with Crippen LogP contribution >= 0.6 is 0 Å². The lowest BCUT2D eigenvalue weighted by atomic mass is 10.0. The predicted molar refractivity (Wildman–Crippen MR) is 78.5 cm³/mol. The Hall–Kier alpha value is -2.76. The van der Waals surface area contributed by atoms with E-state index in [4.69, 9.17) is 4.84 Å². The maximum Gasteiger partial charge on any atom is 0.264 e. The molecule has 1 aromatic heterocycles. The maximum atomic E-state index is 13.7. The molecule has 6 heteroatoms. The van der Waals surface area contributed by atoms with Gasteiger partial charge < -0.3 is 10.2 Å². The number of pyridine rings is 1. The molecule has 1 atom stereocenters. The van der Waals surface area contributed by atoms with Crippen molar-refractivity contribution in [2.24, 2.45) is 5.16 Å². The summed E-state index contributed by atoms with van der Waals surface area (Å²) in [6.07, 6.45) is 1.17. The second-order valence-electron chi connectivity index (χ2n) is 4.85. The van der Waals surface area contributed by atoms with Gasteiger partial charge in [-0.3, -0.25) is 9.78 Å². The SMILES string of the molecule is O=C(NCc1ccccn1)[C@@H]1CC(c2ccccc2F)=NO1. The van der Waals surface area contributed by atoms with Gasteiger partial charge in [-0.05, 0) is 18.2 Å². The predicted octanol–water partition coefficient (Wildman–Crippen LogP) is 2.03. The molecule has 0 aliphatic carbocycles. The second kappa shape index (κ2) is 6.34. The Kier molecular flexibility index (Phi) is 4.09. The van der Waals surface area contributed by atoms with Crippen LogP contribution in [0.4, 0.5) is 4.39 Å². The maximum absolute atomic E-state index is 13.7. The van der Waals surface area contributed by atoms with E-state index in [0.717, 1.165) is 5.69 Å². The zero-order valence-electron chi connectivity index (χ0n) is 11.7. The first-order valence-corrected chi connectivity index (χ1v) is 6.89. The summed E-state index contributed by atoms with van der Waals surface area (Å²) in [7, 11) is 0. The first-order valence-electron chi connectivity index (χ1n) is 6.89. The zero-order chi connectivity index (χ0) is 15.4. The van der Waals surface area contributed by atoms with Crippen LogP contribution in [0, 0.1) is 5.82 Å². The van der Waals surface area contributed by atoms with Gasteiger partial charge in [0.15, 0.2) is 0 Å². The number of halogens is 1. The highest BCUT2D eigenvalue weighted by atomic mass is 19.1. The Labute approximate surface area is 126 Å². The molecule has 3 rings (SSSR count). The molecule has 2 heterocycles. The van der Waals surface area contributed by atoms with Crippen LogP contribution in [0.15, 0.2) is 53.8 Å². The van der Waals surface area contributed by atoms with E-state index in [9.17, 15) is 9.18 Å². The third-order valence-electron chi connectivity index (χ3n) is 3.32. The van der Waals surface area contributed by atoms with Crippen LogP contribution in [0.5, 0.6) is 0 Å². The Morgan fingerprint density at radius 2 is 2.09 bits per heavy atom. The molecule has 1 aliphatic rings. The Balaban J connectivity index is 1.57. The highest BCUT2D eigenvalue weighted by Gasteiger charge is 2.29. The minimum Gasteiger partial charge on any atom is -0.382 e. The van der Waals surface area contributed by atoms with E-state index < -0.39 is 6.10 Å². The smallest absolute Gasteiger partial charge is 0.264 e. The molecule has 5 nitrogen and oxygen atoms in total. The quantitative estimate of drug-likeness (QED) is 0.939. The summed E-state index contributed by atoms with van der Waals surface area (Å²) in [6.45, 7) is 0.314. The summed E-state index contributed by atoms with van der Waals surface area (Å²) >= 11 is 0. The number of nitrogens with zero attached hydrogens (tertiary/aromatic N) is 2. The van der Waals surface area contributed by atoms with Crippen molar-refractivity contribution in [3.05, 3.63) is 65.7 Å². The van der Waals surface area contributed by atoms with Crippen molar-refractivity contribution in [2.45, 2.75) is 19.1 Å². The van der Waals surface area contributed by atoms with Crippen molar-refractivity contribution in [1.82, 2.24) is 10.3 Å². The van der Waals surface area contributed by atoms with Crippen molar-refractivity contribution >= 4 is 11.6 Å². The molecule has 2 aromatic rings. The average molecular weight is 299 g/mol. The molecule has 0 radical (unpaired) electrons. The molecule has 1 amide bonds. The van der Waals surface area contributed by atoms with Gasteiger partial charge in [0, 0.05) is 18.2 Å². The minimum atomic E-state index is -0.738. The number of aromatic nitrogens is 1. The monoisotopic (exact) mass is 299 g/mol. The first kappa shape index (κ1) is 14.2. The molecule has 1 aromatic carbocycles. The van der Waals surface area contributed by atoms with Gasteiger partial charge >= 0.3 is 0 Å². The van der Waals surface area contributed by atoms with Gasteiger partial charge in [0.1, 0.15) is 5.82 Å². The van der Waals surface area contributed by atoms with E-state index in [1.54, 1.807) is 30.5 Å². The third-order valence-corrected chi connectivity index (χ3v) is 3.32. The minimum absolute atomic E-state index is 0.245. The molecule has 0 spiro atoms. The van der Waals surface area contributed by atoms with Crippen LogP contribution in [-0.2, 0) is 16.2 Å². The van der Waals surface area contributed by atoms with E-state index in [-0.39, 0.29) is 18.1 Å². The van der Waals surface area contributed by atoms with Gasteiger partial charge in [0.2, 0.25) is 6.10 Å². The fourth-order valence-corrected chi connectivity index (χ4v) is 2.17. The Morgan fingerprint density at radius 1 is 1.27 bits per heavy atom.